The molecule has 122 valence electrons. The Labute approximate surface area is 140 Å². The lowest BCUT2D eigenvalue weighted by Gasteiger charge is -2.06. The predicted molar refractivity (Wildman–Crippen MR) is 83.5 cm³/mol. The molecule has 1 heterocycles. The monoisotopic (exact) mass is 351 g/mol. The SMILES string of the molecule is O=C1OC(c2ccccc2Cl)=NC1=Cc1cccc(C(F)(F)F)c1. The van der Waals surface area contributed by atoms with Gasteiger partial charge in [-0.1, -0.05) is 35.9 Å². The summed E-state index contributed by atoms with van der Waals surface area (Å²) < 4.78 is 43.2. The lowest BCUT2D eigenvalue weighted by Crippen LogP contribution is -2.06. The Balaban J connectivity index is 1.96. The second kappa shape index (κ2) is 6.13. The van der Waals surface area contributed by atoms with Crippen molar-refractivity contribution in [2.45, 2.75) is 6.18 Å². The molecule has 3 nitrogen and oxygen atoms in total. The molecule has 0 N–H and O–H groups in total. The van der Waals surface area contributed by atoms with Crippen molar-refractivity contribution >= 4 is 29.5 Å². The molecule has 1 aliphatic rings. The molecule has 0 aliphatic carbocycles. The summed E-state index contributed by atoms with van der Waals surface area (Å²) in [4.78, 5) is 15.9. The highest BCUT2D eigenvalue weighted by Gasteiger charge is 2.30. The van der Waals surface area contributed by atoms with E-state index in [1.54, 1.807) is 24.3 Å². The van der Waals surface area contributed by atoms with Gasteiger partial charge in [0, 0.05) is 0 Å². The third kappa shape index (κ3) is 3.33. The van der Waals surface area contributed by atoms with Crippen LogP contribution in [0.1, 0.15) is 16.7 Å². The number of halogens is 4. The summed E-state index contributed by atoms with van der Waals surface area (Å²) in [6.07, 6.45) is -3.22. The van der Waals surface area contributed by atoms with E-state index in [9.17, 15) is 18.0 Å². The number of ether oxygens (including phenoxy) is 1. The van der Waals surface area contributed by atoms with Crippen LogP contribution in [-0.4, -0.2) is 11.9 Å². The van der Waals surface area contributed by atoms with E-state index in [1.165, 1.54) is 18.2 Å². The van der Waals surface area contributed by atoms with Gasteiger partial charge in [0.15, 0.2) is 5.70 Å². The van der Waals surface area contributed by atoms with Gasteiger partial charge in [0.2, 0.25) is 5.90 Å². The van der Waals surface area contributed by atoms with Crippen LogP contribution in [0.5, 0.6) is 0 Å². The zero-order valence-corrected chi connectivity index (χ0v) is 12.7. The van der Waals surface area contributed by atoms with Gasteiger partial charge in [-0.3, -0.25) is 0 Å². The van der Waals surface area contributed by atoms with Gasteiger partial charge in [-0.2, -0.15) is 13.2 Å². The van der Waals surface area contributed by atoms with Crippen LogP contribution in [-0.2, 0) is 15.7 Å². The summed E-state index contributed by atoms with van der Waals surface area (Å²) in [5, 5.41) is 0.351. The van der Waals surface area contributed by atoms with E-state index in [0.29, 0.717) is 10.6 Å². The van der Waals surface area contributed by atoms with Crippen molar-refractivity contribution in [2.75, 3.05) is 0 Å². The third-order valence-electron chi connectivity index (χ3n) is 3.24. The minimum atomic E-state index is -4.46. The molecular formula is C17H9ClF3NO2. The van der Waals surface area contributed by atoms with Crippen LogP contribution in [0.3, 0.4) is 0 Å². The minimum absolute atomic E-state index is 0.0174. The summed E-state index contributed by atoms with van der Waals surface area (Å²) in [7, 11) is 0. The molecule has 0 spiro atoms. The van der Waals surface area contributed by atoms with E-state index in [2.05, 4.69) is 4.99 Å². The number of aliphatic imine (C=N–C) groups is 1. The number of rotatable bonds is 2. The quantitative estimate of drug-likeness (QED) is 0.581. The predicted octanol–water partition coefficient (Wildman–Crippen LogP) is 4.70. The first kappa shape index (κ1) is 16.3. The van der Waals surface area contributed by atoms with Crippen LogP contribution in [0.4, 0.5) is 13.2 Å². The third-order valence-corrected chi connectivity index (χ3v) is 3.57. The lowest BCUT2D eigenvalue weighted by molar-refractivity contribution is -0.137. The molecule has 1 aliphatic heterocycles. The van der Waals surface area contributed by atoms with Crippen molar-refractivity contribution < 1.29 is 22.7 Å². The molecule has 24 heavy (non-hydrogen) atoms. The Morgan fingerprint density at radius 3 is 2.54 bits per heavy atom. The van der Waals surface area contributed by atoms with Gasteiger partial charge in [0.25, 0.3) is 0 Å². The van der Waals surface area contributed by atoms with E-state index in [0.717, 1.165) is 12.1 Å². The summed E-state index contributed by atoms with van der Waals surface area (Å²) >= 11 is 6.01. The van der Waals surface area contributed by atoms with Gasteiger partial charge in [0.1, 0.15) is 0 Å². The van der Waals surface area contributed by atoms with Crippen molar-refractivity contribution in [1.29, 1.82) is 0 Å². The maximum Gasteiger partial charge on any atom is 0.416 e. The summed E-state index contributed by atoms with van der Waals surface area (Å²) in [5.41, 5.74) is -0.274. The van der Waals surface area contributed by atoms with Crippen LogP contribution in [0.15, 0.2) is 59.2 Å². The van der Waals surface area contributed by atoms with E-state index in [4.69, 9.17) is 16.3 Å². The molecule has 2 aromatic carbocycles. The Hall–Kier alpha value is -2.60. The first-order chi connectivity index (χ1) is 11.3. The molecule has 0 saturated carbocycles. The Kier molecular flexibility index (Phi) is 4.15. The highest BCUT2D eigenvalue weighted by Crippen LogP contribution is 2.30. The van der Waals surface area contributed by atoms with E-state index < -0.39 is 17.7 Å². The van der Waals surface area contributed by atoms with Crippen molar-refractivity contribution in [1.82, 2.24) is 0 Å². The van der Waals surface area contributed by atoms with E-state index in [-0.39, 0.29) is 17.2 Å². The maximum absolute atomic E-state index is 12.7. The largest absolute Gasteiger partial charge is 0.416 e. The molecule has 7 heteroatoms. The fraction of sp³-hybridized carbons (Fsp3) is 0.0588. The number of hydrogen-bond acceptors (Lipinski definition) is 3. The molecule has 0 unspecified atom stereocenters. The molecule has 0 saturated heterocycles. The van der Waals surface area contributed by atoms with E-state index >= 15 is 0 Å². The molecule has 3 rings (SSSR count). The molecule has 0 atom stereocenters. The molecule has 2 aromatic rings. The van der Waals surface area contributed by atoms with Gasteiger partial charge in [-0.05, 0) is 35.9 Å². The summed E-state index contributed by atoms with van der Waals surface area (Å²) in [5.74, 6) is -0.730. The molecular weight excluding hydrogens is 343 g/mol. The minimum Gasteiger partial charge on any atom is -0.402 e. The zero-order chi connectivity index (χ0) is 17.3. The number of cyclic esters (lactones) is 1. The highest BCUT2D eigenvalue weighted by atomic mass is 35.5. The first-order valence-electron chi connectivity index (χ1n) is 6.79. The second-order valence-corrected chi connectivity index (χ2v) is 5.35. The van der Waals surface area contributed by atoms with Crippen molar-refractivity contribution in [3.8, 4) is 0 Å². The average Bonchev–Trinajstić information content (AvgIpc) is 2.88. The van der Waals surface area contributed by atoms with Crippen molar-refractivity contribution in [3.63, 3.8) is 0 Å². The number of hydrogen-bond donors (Lipinski definition) is 0. The van der Waals surface area contributed by atoms with Crippen LogP contribution >= 0.6 is 11.6 Å². The standard InChI is InChI=1S/C17H9ClF3NO2/c18-13-7-2-1-6-12(13)15-22-14(16(23)24-15)9-10-4-3-5-11(8-10)17(19,20)21/h1-9H. The average molecular weight is 352 g/mol. The molecule has 0 bridgehead atoms. The topological polar surface area (TPSA) is 38.7 Å². The smallest absolute Gasteiger partial charge is 0.402 e. The summed E-state index contributed by atoms with van der Waals surface area (Å²) in [6, 6.07) is 11.2. The number of carbonyl (C=O) groups is 1. The van der Waals surface area contributed by atoms with Crippen LogP contribution in [0.2, 0.25) is 5.02 Å². The first-order valence-corrected chi connectivity index (χ1v) is 7.17. The van der Waals surface area contributed by atoms with Crippen LogP contribution in [0, 0.1) is 0 Å². The second-order valence-electron chi connectivity index (χ2n) is 4.94. The number of benzene rings is 2. The van der Waals surface area contributed by atoms with Gasteiger partial charge < -0.3 is 4.74 Å². The maximum atomic E-state index is 12.7. The van der Waals surface area contributed by atoms with Gasteiger partial charge in [-0.15, -0.1) is 0 Å². The number of carbonyl (C=O) groups excluding carboxylic acids is 1. The molecule has 0 aromatic heterocycles. The van der Waals surface area contributed by atoms with Gasteiger partial charge >= 0.3 is 12.1 Å². The molecule has 0 radical (unpaired) electrons. The van der Waals surface area contributed by atoms with Crippen LogP contribution in [0.25, 0.3) is 6.08 Å². The van der Waals surface area contributed by atoms with Crippen molar-refractivity contribution in [3.05, 3.63) is 75.9 Å². The molecule has 0 fully saturated rings. The fourth-order valence-electron chi connectivity index (χ4n) is 2.12. The zero-order valence-electron chi connectivity index (χ0n) is 12.0. The Morgan fingerprint density at radius 2 is 1.83 bits per heavy atom. The van der Waals surface area contributed by atoms with Gasteiger partial charge in [-0.25, -0.2) is 9.79 Å². The molecule has 0 amide bonds. The van der Waals surface area contributed by atoms with Crippen molar-refractivity contribution in [2.24, 2.45) is 4.99 Å². The summed E-state index contributed by atoms with van der Waals surface area (Å²) in [6.45, 7) is 0. The number of alkyl halides is 3. The normalized spacial score (nSPS) is 16.2. The number of nitrogens with zero attached hydrogens (tertiary/aromatic N) is 1. The number of esters is 1. The Bertz CT molecular complexity index is 872. The van der Waals surface area contributed by atoms with E-state index in [1.807, 2.05) is 0 Å². The Morgan fingerprint density at radius 1 is 1.08 bits per heavy atom. The highest BCUT2D eigenvalue weighted by molar-refractivity contribution is 6.34. The van der Waals surface area contributed by atoms with Gasteiger partial charge in [0.05, 0.1) is 16.1 Å². The fourth-order valence-corrected chi connectivity index (χ4v) is 2.34. The lowest BCUT2D eigenvalue weighted by atomic mass is 10.1. The van der Waals surface area contributed by atoms with Crippen LogP contribution < -0.4 is 0 Å².